The lowest BCUT2D eigenvalue weighted by molar-refractivity contribution is 0.0582. The molecule has 27 heavy (non-hydrogen) atoms. The molecule has 0 spiro atoms. The molecule has 1 aromatic carbocycles. The van der Waals surface area contributed by atoms with Gasteiger partial charge in [-0.3, -0.25) is 9.89 Å². The Morgan fingerprint density at radius 3 is 2.63 bits per heavy atom. The molecule has 0 saturated carbocycles. The summed E-state index contributed by atoms with van der Waals surface area (Å²) in [6.45, 7) is 1.22. The van der Waals surface area contributed by atoms with Gasteiger partial charge >= 0.3 is 0 Å². The van der Waals surface area contributed by atoms with Crippen LogP contribution in [0.3, 0.4) is 0 Å². The number of nitrogens with one attached hydrogen (secondary N) is 1. The summed E-state index contributed by atoms with van der Waals surface area (Å²) in [7, 11) is 0. The number of aryl methyl sites for hydroxylation is 1. The number of hydrogen-bond acceptors (Lipinski definition) is 3. The van der Waals surface area contributed by atoms with E-state index in [1.807, 2.05) is 4.90 Å². The van der Waals surface area contributed by atoms with Crippen LogP contribution in [0.1, 0.15) is 60.3 Å². The van der Waals surface area contributed by atoms with Gasteiger partial charge in [0.25, 0.3) is 5.91 Å². The van der Waals surface area contributed by atoms with Crippen LogP contribution in [0.4, 0.5) is 4.39 Å². The van der Waals surface area contributed by atoms with E-state index in [2.05, 4.69) is 10.2 Å². The molecule has 144 valence electrons. The highest BCUT2D eigenvalue weighted by Crippen LogP contribution is 2.25. The van der Waals surface area contributed by atoms with Gasteiger partial charge in [-0.05, 0) is 37.8 Å². The molecule has 2 aliphatic rings. The number of amides is 1. The van der Waals surface area contributed by atoms with Crippen LogP contribution in [0.25, 0.3) is 0 Å². The number of para-hydroxylation sites is 1. The van der Waals surface area contributed by atoms with Crippen LogP contribution in [-0.2, 0) is 12.8 Å². The Labute approximate surface area is 158 Å². The van der Waals surface area contributed by atoms with Crippen LogP contribution in [0.15, 0.2) is 24.3 Å². The molecule has 0 bridgehead atoms. The van der Waals surface area contributed by atoms with Crippen molar-refractivity contribution in [2.45, 2.75) is 57.5 Å². The third-order valence-electron chi connectivity index (χ3n) is 5.62. The van der Waals surface area contributed by atoms with E-state index in [-0.39, 0.29) is 23.6 Å². The molecule has 1 saturated heterocycles. The van der Waals surface area contributed by atoms with Crippen LogP contribution in [0.2, 0.25) is 0 Å². The lowest BCUT2D eigenvalue weighted by Crippen LogP contribution is -2.42. The maximum Gasteiger partial charge on any atom is 0.274 e. The maximum atomic E-state index is 13.8. The fraction of sp³-hybridized carbons (Fsp3) is 0.524. The second-order valence-corrected chi connectivity index (χ2v) is 7.48. The summed E-state index contributed by atoms with van der Waals surface area (Å²) in [5, 5.41) is 7.46. The van der Waals surface area contributed by atoms with Crippen LogP contribution >= 0.6 is 0 Å². The number of likely N-dealkylation sites (tertiary alicyclic amines) is 1. The second kappa shape index (κ2) is 8.11. The second-order valence-electron chi connectivity index (χ2n) is 7.48. The van der Waals surface area contributed by atoms with Crippen LogP contribution < -0.4 is 4.74 Å². The number of aromatic nitrogens is 2. The Morgan fingerprint density at radius 2 is 1.85 bits per heavy atom. The summed E-state index contributed by atoms with van der Waals surface area (Å²) in [5.74, 6) is -0.0421. The Morgan fingerprint density at radius 1 is 1.11 bits per heavy atom. The molecule has 1 fully saturated rings. The summed E-state index contributed by atoms with van der Waals surface area (Å²) in [4.78, 5) is 14.9. The van der Waals surface area contributed by atoms with Crippen LogP contribution in [-0.4, -0.2) is 40.2 Å². The van der Waals surface area contributed by atoms with Gasteiger partial charge in [0.05, 0.1) is 0 Å². The first-order valence-corrected chi connectivity index (χ1v) is 9.99. The van der Waals surface area contributed by atoms with Crippen molar-refractivity contribution in [1.29, 1.82) is 0 Å². The third kappa shape index (κ3) is 3.99. The zero-order chi connectivity index (χ0) is 18.6. The van der Waals surface area contributed by atoms with Gasteiger partial charge in [-0.1, -0.05) is 25.0 Å². The zero-order valence-corrected chi connectivity index (χ0v) is 15.5. The molecule has 1 N–H and O–H groups in total. The van der Waals surface area contributed by atoms with E-state index in [1.165, 1.54) is 18.9 Å². The Balaban J connectivity index is 1.38. The van der Waals surface area contributed by atoms with Gasteiger partial charge in [-0.15, -0.1) is 0 Å². The van der Waals surface area contributed by atoms with E-state index in [4.69, 9.17) is 4.74 Å². The number of carbonyl (C=O) groups excluding carboxylic acids is 1. The van der Waals surface area contributed by atoms with Crippen molar-refractivity contribution in [3.05, 3.63) is 47.0 Å². The van der Waals surface area contributed by atoms with E-state index in [0.29, 0.717) is 31.6 Å². The Bertz CT molecular complexity index is 796. The van der Waals surface area contributed by atoms with Gasteiger partial charge in [0.1, 0.15) is 6.10 Å². The predicted octanol–water partition coefficient (Wildman–Crippen LogP) is 3.89. The Hall–Kier alpha value is -2.37. The van der Waals surface area contributed by atoms with Crippen molar-refractivity contribution in [3.63, 3.8) is 0 Å². The summed E-state index contributed by atoms with van der Waals surface area (Å²) < 4.78 is 19.5. The normalized spacial score (nSPS) is 18.5. The molecule has 4 rings (SSSR count). The summed E-state index contributed by atoms with van der Waals surface area (Å²) >= 11 is 0. The molecule has 6 heteroatoms. The molecule has 0 atom stereocenters. The number of nitrogens with zero attached hydrogens (tertiary/aromatic N) is 2. The molecule has 0 radical (unpaired) electrons. The van der Waals surface area contributed by atoms with Gasteiger partial charge in [-0.25, -0.2) is 4.39 Å². The van der Waals surface area contributed by atoms with Crippen LogP contribution in [0.5, 0.6) is 5.75 Å². The average molecular weight is 371 g/mol. The number of benzene rings is 1. The number of aromatic amines is 1. The predicted molar refractivity (Wildman–Crippen MR) is 100 cm³/mol. The molecule has 2 aromatic rings. The molecule has 2 heterocycles. The summed E-state index contributed by atoms with van der Waals surface area (Å²) in [6, 6.07) is 6.47. The average Bonchev–Trinajstić information content (AvgIpc) is 3.05. The first-order chi connectivity index (χ1) is 13.2. The van der Waals surface area contributed by atoms with Gasteiger partial charge in [0.15, 0.2) is 17.3 Å². The van der Waals surface area contributed by atoms with Gasteiger partial charge in [0.2, 0.25) is 0 Å². The number of hydrogen-bond donors (Lipinski definition) is 1. The van der Waals surface area contributed by atoms with E-state index in [9.17, 15) is 9.18 Å². The molecule has 1 aliphatic carbocycles. The van der Waals surface area contributed by atoms with Gasteiger partial charge in [0, 0.05) is 37.2 Å². The highest BCUT2D eigenvalue weighted by molar-refractivity contribution is 5.94. The van der Waals surface area contributed by atoms with E-state index in [0.717, 1.165) is 36.9 Å². The minimum absolute atomic E-state index is 0.0115. The smallest absolute Gasteiger partial charge is 0.274 e. The molecule has 0 unspecified atom stereocenters. The number of ether oxygens (including phenoxy) is 1. The highest BCUT2D eigenvalue weighted by Gasteiger charge is 2.29. The molecule has 5 nitrogen and oxygen atoms in total. The third-order valence-corrected chi connectivity index (χ3v) is 5.62. The van der Waals surface area contributed by atoms with Gasteiger partial charge < -0.3 is 9.64 Å². The quantitative estimate of drug-likeness (QED) is 0.890. The SMILES string of the molecule is O=C(c1n[nH]c2c1CCCCCC2)N1CCC(Oc2ccccc2F)CC1. The minimum atomic E-state index is -0.342. The van der Waals surface area contributed by atoms with Crippen LogP contribution in [0, 0.1) is 5.82 Å². The Kier molecular flexibility index (Phi) is 5.41. The fourth-order valence-corrected chi connectivity index (χ4v) is 4.06. The van der Waals surface area contributed by atoms with Crippen molar-refractivity contribution in [2.24, 2.45) is 0 Å². The standard InChI is InChI=1S/C21H26FN3O2/c22-17-8-5-6-10-19(17)27-15-11-13-25(14-12-15)21(26)20-16-7-3-1-2-4-9-18(16)23-24-20/h5-6,8,10,15H,1-4,7,9,11-14H2,(H,23,24). The number of halogens is 1. The number of H-pyrrole nitrogens is 1. The number of piperidine rings is 1. The fourth-order valence-electron chi connectivity index (χ4n) is 4.06. The molecular formula is C21H26FN3O2. The lowest BCUT2D eigenvalue weighted by Gasteiger charge is -2.32. The molecule has 1 aromatic heterocycles. The van der Waals surface area contributed by atoms with Crippen molar-refractivity contribution in [1.82, 2.24) is 15.1 Å². The monoisotopic (exact) mass is 371 g/mol. The largest absolute Gasteiger partial charge is 0.487 e. The zero-order valence-electron chi connectivity index (χ0n) is 15.5. The number of rotatable bonds is 3. The van der Waals surface area contributed by atoms with Crippen molar-refractivity contribution in [2.75, 3.05) is 13.1 Å². The summed E-state index contributed by atoms with van der Waals surface area (Å²) in [6.07, 6.45) is 7.99. The van der Waals surface area contributed by atoms with Crippen molar-refractivity contribution < 1.29 is 13.9 Å². The topological polar surface area (TPSA) is 58.2 Å². The molecule has 1 amide bonds. The van der Waals surface area contributed by atoms with E-state index in [1.54, 1.807) is 18.2 Å². The number of fused-ring (bicyclic) bond motifs is 1. The highest BCUT2D eigenvalue weighted by atomic mass is 19.1. The van der Waals surface area contributed by atoms with Crippen molar-refractivity contribution >= 4 is 5.91 Å². The lowest BCUT2D eigenvalue weighted by atomic mass is 9.96. The van der Waals surface area contributed by atoms with E-state index < -0.39 is 0 Å². The molecule has 1 aliphatic heterocycles. The number of carbonyl (C=O) groups is 1. The van der Waals surface area contributed by atoms with Gasteiger partial charge in [-0.2, -0.15) is 5.10 Å². The van der Waals surface area contributed by atoms with Crippen molar-refractivity contribution in [3.8, 4) is 5.75 Å². The first kappa shape index (κ1) is 18.0. The van der Waals surface area contributed by atoms with E-state index >= 15 is 0 Å². The minimum Gasteiger partial charge on any atom is -0.487 e. The summed E-state index contributed by atoms with van der Waals surface area (Å²) in [5.41, 5.74) is 2.85. The maximum absolute atomic E-state index is 13.8. The first-order valence-electron chi connectivity index (χ1n) is 9.99. The molecular weight excluding hydrogens is 345 g/mol.